The Hall–Kier alpha value is -2.74. The summed E-state index contributed by atoms with van der Waals surface area (Å²) in [5.74, 6) is 0.671. The second kappa shape index (κ2) is 9.67. The number of nitriles is 1. The topological polar surface area (TPSA) is 66.9 Å². The Bertz CT molecular complexity index is 860. The van der Waals surface area contributed by atoms with Crippen LogP contribution < -0.4 is 0 Å². The Labute approximate surface area is 156 Å². The third kappa shape index (κ3) is 5.38. The number of aromatic nitrogens is 4. The summed E-state index contributed by atoms with van der Waals surface area (Å²) in [5.41, 5.74) is 3.00. The van der Waals surface area contributed by atoms with E-state index in [9.17, 15) is 0 Å². The predicted molar refractivity (Wildman–Crippen MR) is 107 cm³/mol. The molecule has 0 spiro atoms. The minimum atomic E-state index is 0.0426. The molecule has 0 fully saturated rings. The molecule has 2 heterocycles. The van der Waals surface area contributed by atoms with Crippen molar-refractivity contribution in [2.24, 2.45) is 5.41 Å². The molecule has 0 amide bonds. The SMILES string of the molecule is CC.CC.Cc1nc2c(CC3=CC=CC(C)(C)C=C3)nc(C#N)cn2n1. The van der Waals surface area contributed by atoms with Gasteiger partial charge >= 0.3 is 0 Å². The second-order valence-corrected chi connectivity index (χ2v) is 6.04. The van der Waals surface area contributed by atoms with Gasteiger partial charge in [0.25, 0.3) is 0 Å². The van der Waals surface area contributed by atoms with Crippen molar-refractivity contribution in [2.45, 2.75) is 54.9 Å². The minimum absolute atomic E-state index is 0.0426. The molecular weight excluding hydrogens is 322 g/mol. The van der Waals surface area contributed by atoms with Gasteiger partial charge in [0.2, 0.25) is 0 Å². The summed E-state index contributed by atoms with van der Waals surface area (Å²) in [4.78, 5) is 8.83. The van der Waals surface area contributed by atoms with Crippen molar-refractivity contribution in [1.29, 1.82) is 5.26 Å². The van der Waals surface area contributed by atoms with Gasteiger partial charge in [0, 0.05) is 11.8 Å². The highest BCUT2D eigenvalue weighted by molar-refractivity contribution is 5.48. The van der Waals surface area contributed by atoms with Gasteiger partial charge < -0.3 is 0 Å². The minimum Gasteiger partial charge on any atom is -0.236 e. The molecule has 0 unspecified atom stereocenters. The Morgan fingerprint density at radius 2 is 1.81 bits per heavy atom. The maximum atomic E-state index is 9.13. The lowest BCUT2D eigenvalue weighted by Gasteiger charge is -2.12. The summed E-state index contributed by atoms with van der Waals surface area (Å²) in [6.07, 6.45) is 12.8. The van der Waals surface area contributed by atoms with Gasteiger partial charge in [-0.2, -0.15) is 10.4 Å². The van der Waals surface area contributed by atoms with Crippen molar-refractivity contribution < 1.29 is 0 Å². The van der Waals surface area contributed by atoms with E-state index in [1.165, 1.54) is 0 Å². The molecule has 0 radical (unpaired) electrons. The zero-order valence-corrected chi connectivity index (χ0v) is 16.9. The van der Waals surface area contributed by atoms with E-state index in [-0.39, 0.29) is 5.41 Å². The average Bonchev–Trinajstić information content (AvgIpc) is 2.94. The molecule has 5 nitrogen and oxygen atoms in total. The molecule has 0 bridgehead atoms. The van der Waals surface area contributed by atoms with Crippen LogP contribution in [0.4, 0.5) is 0 Å². The third-order valence-corrected chi connectivity index (χ3v) is 3.54. The molecule has 0 N–H and O–H groups in total. The quantitative estimate of drug-likeness (QED) is 0.765. The number of aryl methyl sites for hydroxylation is 1. The van der Waals surface area contributed by atoms with E-state index in [0.717, 1.165) is 11.3 Å². The number of hydrogen-bond acceptors (Lipinski definition) is 4. The van der Waals surface area contributed by atoms with Gasteiger partial charge in [0.1, 0.15) is 11.9 Å². The summed E-state index contributed by atoms with van der Waals surface area (Å²) in [6, 6.07) is 2.08. The van der Waals surface area contributed by atoms with E-state index < -0.39 is 0 Å². The highest BCUT2D eigenvalue weighted by Gasteiger charge is 2.14. The lowest BCUT2D eigenvalue weighted by molar-refractivity contribution is 0.627. The summed E-state index contributed by atoms with van der Waals surface area (Å²) in [7, 11) is 0. The first kappa shape index (κ1) is 21.3. The Kier molecular flexibility index (Phi) is 7.92. The molecule has 0 saturated carbocycles. The summed E-state index contributed by atoms with van der Waals surface area (Å²) in [5, 5.41) is 13.4. The van der Waals surface area contributed by atoms with E-state index in [1.807, 2.05) is 34.6 Å². The van der Waals surface area contributed by atoms with Crippen LogP contribution in [0.3, 0.4) is 0 Å². The van der Waals surface area contributed by atoms with E-state index in [2.05, 4.69) is 65.4 Å². The van der Waals surface area contributed by atoms with Crippen LogP contribution in [0.2, 0.25) is 0 Å². The van der Waals surface area contributed by atoms with Crippen molar-refractivity contribution in [3.8, 4) is 6.07 Å². The van der Waals surface area contributed by atoms with Crippen molar-refractivity contribution >= 4 is 5.65 Å². The smallest absolute Gasteiger partial charge is 0.177 e. The number of allylic oxidation sites excluding steroid dienone is 6. The Morgan fingerprint density at radius 3 is 2.46 bits per heavy atom. The number of fused-ring (bicyclic) bond motifs is 1. The largest absolute Gasteiger partial charge is 0.236 e. The van der Waals surface area contributed by atoms with Gasteiger partial charge in [-0.05, 0) is 12.5 Å². The average molecular weight is 351 g/mol. The summed E-state index contributed by atoms with van der Waals surface area (Å²) >= 11 is 0. The fourth-order valence-corrected chi connectivity index (χ4v) is 2.39. The van der Waals surface area contributed by atoms with Gasteiger partial charge in [-0.15, -0.1) is 0 Å². The number of hydrogen-bond donors (Lipinski definition) is 0. The monoisotopic (exact) mass is 351 g/mol. The van der Waals surface area contributed by atoms with Crippen molar-refractivity contribution in [1.82, 2.24) is 19.6 Å². The van der Waals surface area contributed by atoms with Crippen LogP contribution in [0.15, 0.2) is 42.2 Å². The Balaban J connectivity index is 0.000000791. The lowest BCUT2D eigenvalue weighted by atomic mass is 9.93. The van der Waals surface area contributed by atoms with E-state index in [4.69, 9.17) is 5.26 Å². The molecule has 1 aliphatic rings. The third-order valence-electron chi connectivity index (χ3n) is 3.54. The first-order valence-electron chi connectivity index (χ1n) is 9.17. The van der Waals surface area contributed by atoms with Gasteiger partial charge in [-0.1, -0.05) is 71.9 Å². The first-order chi connectivity index (χ1) is 12.5. The number of nitrogens with zero attached hydrogens (tertiary/aromatic N) is 5. The molecule has 0 aromatic carbocycles. The second-order valence-electron chi connectivity index (χ2n) is 6.04. The maximum Gasteiger partial charge on any atom is 0.177 e. The molecule has 0 saturated heterocycles. The standard InChI is InChI=1S/C17H17N5.2C2H6/c1-12-19-16-15(20-14(10-18)11-22(16)21-12)9-13-5-4-7-17(2,3)8-6-13;2*1-2/h4-8,11H,9H2,1-3H3;2*1-2H3. The maximum absolute atomic E-state index is 9.13. The lowest BCUT2D eigenvalue weighted by Crippen LogP contribution is -2.03. The zero-order chi connectivity index (χ0) is 19.7. The van der Waals surface area contributed by atoms with Crippen molar-refractivity contribution in [3.05, 3.63) is 59.4 Å². The van der Waals surface area contributed by atoms with Crippen LogP contribution in [0.5, 0.6) is 0 Å². The number of rotatable bonds is 2. The van der Waals surface area contributed by atoms with Gasteiger partial charge in [-0.25, -0.2) is 14.5 Å². The molecule has 2 aromatic rings. The molecule has 0 aliphatic heterocycles. The van der Waals surface area contributed by atoms with Crippen LogP contribution >= 0.6 is 0 Å². The van der Waals surface area contributed by atoms with Gasteiger partial charge in [-0.3, -0.25) is 0 Å². The van der Waals surface area contributed by atoms with E-state index in [1.54, 1.807) is 10.7 Å². The van der Waals surface area contributed by atoms with Gasteiger partial charge in [0.15, 0.2) is 11.3 Å². The fraction of sp³-hybridized carbons (Fsp3) is 0.429. The van der Waals surface area contributed by atoms with Crippen LogP contribution in [0, 0.1) is 23.7 Å². The molecule has 138 valence electrons. The molecular formula is C21H29N5. The van der Waals surface area contributed by atoms with E-state index >= 15 is 0 Å². The van der Waals surface area contributed by atoms with Gasteiger partial charge in [0.05, 0.1) is 11.9 Å². The normalized spacial score (nSPS) is 14.3. The highest BCUT2D eigenvalue weighted by atomic mass is 15.3. The molecule has 2 aromatic heterocycles. The molecule has 1 aliphatic carbocycles. The molecule has 5 heteroatoms. The zero-order valence-electron chi connectivity index (χ0n) is 16.9. The van der Waals surface area contributed by atoms with E-state index in [0.29, 0.717) is 23.6 Å². The summed E-state index contributed by atoms with van der Waals surface area (Å²) in [6.45, 7) is 14.1. The molecule has 3 rings (SSSR count). The van der Waals surface area contributed by atoms with Crippen molar-refractivity contribution in [2.75, 3.05) is 0 Å². The molecule has 0 atom stereocenters. The van der Waals surface area contributed by atoms with Crippen molar-refractivity contribution in [3.63, 3.8) is 0 Å². The first-order valence-corrected chi connectivity index (χ1v) is 9.17. The van der Waals surface area contributed by atoms with Crippen LogP contribution in [0.25, 0.3) is 5.65 Å². The van der Waals surface area contributed by atoms with Crippen LogP contribution in [-0.2, 0) is 6.42 Å². The van der Waals surface area contributed by atoms with Crippen LogP contribution in [-0.4, -0.2) is 19.6 Å². The fourth-order valence-electron chi connectivity index (χ4n) is 2.39. The highest BCUT2D eigenvalue weighted by Crippen LogP contribution is 2.24. The Morgan fingerprint density at radius 1 is 1.12 bits per heavy atom. The summed E-state index contributed by atoms with van der Waals surface area (Å²) < 4.78 is 1.64. The van der Waals surface area contributed by atoms with Crippen LogP contribution in [0.1, 0.15) is 58.8 Å². The molecule has 26 heavy (non-hydrogen) atoms. The predicted octanol–water partition coefficient (Wildman–Crippen LogP) is 4.98.